The summed E-state index contributed by atoms with van der Waals surface area (Å²) >= 11 is 0. The summed E-state index contributed by atoms with van der Waals surface area (Å²) in [6.45, 7) is 10.5. The number of nitrogens with zero attached hydrogens (tertiary/aromatic N) is 4. The molecule has 2 amide bonds. The number of piperidine rings is 1. The minimum absolute atomic E-state index is 0.0160. The maximum Gasteiger partial charge on any atom is 0.236 e. The summed E-state index contributed by atoms with van der Waals surface area (Å²) in [6.07, 6.45) is 8.90. The van der Waals surface area contributed by atoms with E-state index in [2.05, 4.69) is 47.5 Å². The van der Waals surface area contributed by atoms with Gasteiger partial charge in [-0.1, -0.05) is 20.3 Å². The zero-order chi connectivity index (χ0) is 29.1. The fourth-order valence-corrected chi connectivity index (χ4v) is 8.20. The Morgan fingerprint density at radius 1 is 1.15 bits per heavy atom. The predicted molar refractivity (Wildman–Crippen MR) is 158 cm³/mol. The number of fused-ring (bicyclic) bond motifs is 1. The van der Waals surface area contributed by atoms with Crippen LogP contribution >= 0.6 is 0 Å². The first-order chi connectivity index (χ1) is 19.8. The second-order valence-electron chi connectivity index (χ2n) is 13.6. The van der Waals surface area contributed by atoms with E-state index in [9.17, 15) is 9.59 Å². The van der Waals surface area contributed by atoms with Gasteiger partial charge in [-0.15, -0.1) is 0 Å². The van der Waals surface area contributed by atoms with E-state index in [1.807, 2.05) is 0 Å². The van der Waals surface area contributed by atoms with Gasteiger partial charge >= 0.3 is 0 Å². The van der Waals surface area contributed by atoms with Gasteiger partial charge in [0.25, 0.3) is 0 Å². The minimum atomic E-state index is -0.0439. The molecule has 0 aromatic rings. The van der Waals surface area contributed by atoms with E-state index >= 15 is 0 Å². The molecule has 3 aliphatic heterocycles. The highest BCUT2D eigenvalue weighted by Crippen LogP contribution is 2.59. The SMILES string of the molecule is CCCCN(CCCN(C)C)C(=O)CN1C[C@H]([C@@H]2CC(OC)=C3OCOC3C2C)CC12C[C@H]2CN1CCCCC1=O. The third kappa shape index (κ3) is 6.57. The Bertz CT molecular complexity index is 972. The number of rotatable bonds is 13. The van der Waals surface area contributed by atoms with E-state index in [0.717, 1.165) is 102 Å². The topological polar surface area (TPSA) is 74.8 Å². The molecule has 0 radical (unpaired) electrons. The number of methoxy groups -OCH3 is 1. The molecule has 0 N–H and O–H groups in total. The molecule has 1 saturated carbocycles. The minimum Gasteiger partial charge on any atom is -0.497 e. The second-order valence-corrected chi connectivity index (χ2v) is 13.6. The number of unbranched alkanes of at least 4 members (excludes halogenated alkanes) is 1. The molecule has 0 bridgehead atoms. The van der Waals surface area contributed by atoms with Crippen LogP contribution in [0.4, 0.5) is 0 Å². The van der Waals surface area contributed by atoms with Crippen LogP contribution in [0, 0.1) is 23.7 Å². The summed E-state index contributed by atoms with van der Waals surface area (Å²) in [6, 6.07) is 0. The summed E-state index contributed by atoms with van der Waals surface area (Å²) in [5.74, 6) is 4.02. The van der Waals surface area contributed by atoms with Gasteiger partial charge in [0.05, 0.1) is 13.7 Å². The third-order valence-corrected chi connectivity index (χ3v) is 10.7. The first-order valence-corrected chi connectivity index (χ1v) is 16.2. The molecule has 0 aromatic carbocycles. The van der Waals surface area contributed by atoms with Crippen molar-refractivity contribution in [2.24, 2.45) is 23.7 Å². The van der Waals surface area contributed by atoms with Crippen LogP contribution in [-0.2, 0) is 23.8 Å². The van der Waals surface area contributed by atoms with Crippen molar-refractivity contribution >= 4 is 11.8 Å². The molecule has 6 atom stereocenters. The van der Waals surface area contributed by atoms with Crippen LogP contribution in [0.1, 0.15) is 71.6 Å². The summed E-state index contributed by atoms with van der Waals surface area (Å²) in [4.78, 5) is 35.5. The molecule has 5 rings (SSSR count). The Hall–Kier alpha value is -1.84. The van der Waals surface area contributed by atoms with E-state index in [0.29, 0.717) is 49.3 Å². The molecule has 1 spiro atoms. The average Bonchev–Trinajstić information content (AvgIpc) is 3.24. The molecule has 4 fully saturated rings. The highest BCUT2D eigenvalue weighted by molar-refractivity contribution is 5.78. The van der Waals surface area contributed by atoms with E-state index in [4.69, 9.17) is 14.2 Å². The maximum atomic E-state index is 13.9. The second kappa shape index (κ2) is 13.2. The van der Waals surface area contributed by atoms with Gasteiger partial charge in [-0.3, -0.25) is 14.5 Å². The molecule has 5 aliphatic rings. The van der Waals surface area contributed by atoms with Crippen molar-refractivity contribution in [2.75, 3.05) is 73.8 Å². The largest absolute Gasteiger partial charge is 0.497 e. The first-order valence-electron chi connectivity index (χ1n) is 16.2. The standard InChI is InChI=1S/C32H54N4O5/c1-6-7-13-34(15-10-12-33(3)4)29(38)21-36-19-24(26-16-27(39-5)31-30(23(26)2)40-22-41-31)17-32(36)18-25(32)20-35-14-9-8-11-28(35)37/h23-26,30H,6-22H2,1-5H3/t23?,24-,25+,26-,30?,32?/m1/s1. The third-order valence-electron chi connectivity index (χ3n) is 10.7. The molecular weight excluding hydrogens is 520 g/mol. The Kier molecular flexibility index (Phi) is 9.86. The van der Waals surface area contributed by atoms with Crippen LogP contribution in [-0.4, -0.2) is 117 Å². The number of amides is 2. The summed E-state index contributed by atoms with van der Waals surface area (Å²) in [5.41, 5.74) is 0.0160. The lowest BCUT2D eigenvalue weighted by atomic mass is 9.72. The number of likely N-dealkylation sites (tertiary alicyclic amines) is 2. The lowest BCUT2D eigenvalue weighted by Gasteiger charge is -2.36. The highest BCUT2D eigenvalue weighted by atomic mass is 16.7. The monoisotopic (exact) mass is 574 g/mol. The van der Waals surface area contributed by atoms with Gasteiger partial charge < -0.3 is 28.9 Å². The van der Waals surface area contributed by atoms with Gasteiger partial charge in [-0.2, -0.15) is 0 Å². The molecular formula is C32H54N4O5. The number of carbonyl (C=O) groups is 2. The van der Waals surface area contributed by atoms with Crippen molar-refractivity contribution in [2.45, 2.75) is 83.3 Å². The van der Waals surface area contributed by atoms with Gasteiger partial charge in [-0.05, 0) is 82.8 Å². The van der Waals surface area contributed by atoms with Crippen molar-refractivity contribution in [1.82, 2.24) is 19.6 Å². The van der Waals surface area contributed by atoms with Crippen LogP contribution in [0.2, 0.25) is 0 Å². The van der Waals surface area contributed by atoms with Gasteiger partial charge in [0.15, 0.2) is 12.6 Å². The Balaban J connectivity index is 1.32. The van der Waals surface area contributed by atoms with Crippen LogP contribution in [0.3, 0.4) is 0 Å². The quantitative estimate of drug-likeness (QED) is 0.333. The molecule has 41 heavy (non-hydrogen) atoms. The molecule has 9 nitrogen and oxygen atoms in total. The Morgan fingerprint density at radius 2 is 1.95 bits per heavy atom. The van der Waals surface area contributed by atoms with Gasteiger partial charge in [-0.25, -0.2) is 0 Å². The number of carbonyl (C=O) groups excluding carboxylic acids is 2. The smallest absolute Gasteiger partial charge is 0.236 e. The average molecular weight is 575 g/mol. The van der Waals surface area contributed by atoms with Crippen LogP contribution in [0.5, 0.6) is 0 Å². The van der Waals surface area contributed by atoms with E-state index in [-0.39, 0.29) is 17.6 Å². The summed E-state index contributed by atoms with van der Waals surface area (Å²) in [5, 5.41) is 0. The zero-order valence-electron chi connectivity index (χ0n) is 26.2. The van der Waals surface area contributed by atoms with Gasteiger partial charge in [0.1, 0.15) is 11.9 Å². The van der Waals surface area contributed by atoms with Crippen molar-refractivity contribution in [1.29, 1.82) is 0 Å². The van der Waals surface area contributed by atoms with Crippen LogP contribution in [0.25, 0.3) is 0 Å². The maximum absolute atomic E-state index is 13.9. The summed E-state index contributed by atoms with van der Waals surface area (Å²) < 4.78 is 17.7. The summed E-state index contributed by atoms with van der Waals surface area (Å²) in [7, 11) is 5.92. The first kappa shape index (κ1) is 30.6. The van der Waals surface area contributed by atoms with Gasteiger partial charge in [0.2, 0.25) is 11.8 Å². The van der Waals surface area contributed by atoms with Crippen molar-refractivity contribution < 1.29 is 23.8 Å². The number of ether oxygens (including phenoxy) is 3. The van der Waals surface area contributed by atoms with E-state index in [1.54, 1.807) is 7.11 Å². The van der Waals surface area contributed by atoms with Gasteiger partial charge in [0, 0.05) is 51.1 Å². The zero-order valence-corrected chi connectivity index (χ0v) is 26.2. The number of hydrogen-bond acceptors (Lipinski definition) is 7. The van der Waals surface area contributed by atoms with E-state index < -0.39 is 0 Å². The fourth-order valence-electron chi connectivity index (χ4n) is 8.20. The lowest BCUT2D eigenvalue weighted by molar-refractivity contribution is -0.135. The molecule has 232 valence electrons. The highest BCUT2D eigenvalue weighted by Gasteiger charge is 2.64. The molecule has 3 heterocycles. The normalized spacial score (nSPS) is 33.5. The number of allylic oxidation sites excluding steroid dienone is 1. The predicted octanol–water partition coefficient (Wildman–Crippen LogP) is 3.55. The fraction of sp³-hybridized carbons (Fsp3) is 0.875. The van der Waals surface area contributed by atoms with E-state index in [1.165, 1.54) is 0 Å². The molecule has 3 unspecified atom stereocenters. The van der Waals surface area contributed by atoms with Crippen LogP contribution in [0.15, 0.2) is 11.5 Å². The van der Waals surface area contributed by atoms with Crippen molar-refractivity contribution in [3.63, 3.8) is 0 Å². The molecule has 2 aliphatic carbocycles. The Labute approximate surface area is 247 Å². The lowest BCUT2D eigenvalue weighted by Crippen LogP contribution is -2.46. The molecule has 0 aromatic heterocycles. The molecule has 9 heteroatoms. The Morgan fingerprint density at radius 3 is 2.68 bits per heavy atom. The van der Waals surface area contributed by atoms with Crippen molar-refractivity contribution in [3.05, 3.63) is 11.5 Å². The number of hydrogen-bond donors (Lipinski definition) is 0. The van der Waals surface area contributed by atoms with Crippen LogP contribution < -0.4 is 0 Å². The van der Waals surface area contributed by atoms with Crippen molar-refractivity contribution in [3.8, 4) is 0 Å². The molecule has 3 saturated heterocycles.